The number of carboxylic acid groups (broad SMARTS) is 1. The normalized spacial score (nSPS) is 47.8. The lowest BCUT2D eigenvalue weighted by molar-refractivity contribution is -0.401. The van der Waals surface area contributed by atoms with Crippen molar-refractivity contribution in [3.63, 3.8) is 0 Å². The third-order valence-corrected chi connectivity index (χ3v) is 26.0. The van der Waals surface area contributed by atoms with Crippen LogP contribution in [0.3, 0.4) is 0 Å². The molecule has 0 radical (unpaired) electrons. The minimum Gasteiger partial charge on any atom is -0.477 e. The first-order chi connectivity index (χ1) is 67.5. The molecule has 0 aromatic rings. The number of rotatable bonds is 39. The van der Waals surface area contributed by atoms with Crippen molar-refractivity contribution in [2.24, 2.45) is 0 Å². The number of ether oxygens (including phenoxy) is 21. The van der Waals surface area contributed by atoms with Crippen LogP contribution in [0.15, 0.2) is 0 Å². The van der Waals surface area contributed by atoms with E-state index in [1.54, 1.807) is 0 Å². The second kappa shape index (κ2) is 51.2. The number of aliphatic carboxylic acids is 1. The van der Waals surface area contributed by atoms with Crippen LogP contribution < -0.4 is 26.6 Å². The summed E-state index contributed by atoms with van der Waals surface area (Å²) in [7, 11) is 0. The molecular weight excluding hydrogens is 1960 g/mol. The second-order valence-corrected chi connectivity index (χ2v) is 35.9. The predicted molar refractivity (Wildman–Crippen MR) is 438 cm³/mol. The fourth-order valence-corrected chi connectivity index (χ4v) is 18.5. The summed E-state index contributed by atoms with van der Waals surface area (Å²) in [6.45, 7) is -8.76. The highest BCUT2D eigenvalue weighted by Gasteiger charge is 2.65. The number of carboxylic acids is 1. The second-order valence-electron chi connectivity index (χ2n) is 35.9. The van der Waals surface area contributed by atoms with Gasteiger partial charge in [0.05, 0.1) is 84.8 Å². The largest absolute Gasteiger partial charge is 0.477 e. The number of nitrogens with one attached hydrogen (secondary N) is 5. The highest BCUT2D eigenvalue weighted by molar-refractivity contribution is 5.77. The van der Waals surface area contributed by atoms with Crippen molar-refractivity contribution in [1.29, 1.82) is 0 Å². The number of hydrogen-bond donors (Lipinski definition) is 37. The molecule has 5 amide bonds. The Morgan fingerprint density at radius 2 is 0.566 bits per heavy atom. The van der Waals surface area contributed by atoms with Gasteiger partial charge in [-0.3, -0.25) is 24.0 Å². The Labute approximate surface area is 808 Å². The SMILES string of the molecule is CC(=O)N[C@H]1[C@H](O[C@H]2[C@H](O)[C@@H](NC(C)=O)C(O)O[C@@H]2CO)O[C@H](CO)[C@@H](O[C@@H]2O[C@H](CO[C@H]3O[C@H](CO)[C@@H](O)[C@H](O)[C@@H]3O[C@@H]3O[C@H](CO)[C@@H](O[C@@H]4O[C@H](CO)[C@H](O)[C@H](O[C@H]5O[C@H](CO)[C@H](O)[C@H](O)[C@H]5O)[C@H]4O)[C@H](O)[C@H]3NC(C)=O)[C@@H](O)[C@H](O[C@H]3O[C@H](CO)[C@@H](O)[C@H](O)[C@@H]3O[C@@H]3O[C@H](CO)[C@@H](O[C@@H]4O[C@H](CO)[C@H](O)[C@H](O[C@]5(C(=O)O)C[C@H](O)[C@@H](NC(C)=O)[C@H]([C@H](O)[C@H](O)CO)O5)[C@H]4O)[C@H](O)[C@H]3NC(C)=O)[C@@H]2O)[C@@H]1O. The molecule has 143 heavy (non-hydrogen) atoms. The number of aliphatic hydroxyl groups excluding tert-OH is 31. The first-order valence-corrected chi connectivity index (χ1v) is 45.3. The van der Waals surface area contributed by atoms with Gasteiger partial charge in [0.15, 0.2) is 62.9 Å². The summed E-state index contributed by atoms with van der Waals surface area (Å²) in [5.74, 6) is -10.4. The molecule has 11 aliphatic heterocycles. The molecule has 0 saturated carbocycles. The van der Waals surface area contributed by atoms with Gasteiger partial charge in [0.1, 0.15) is 262 Å². The first kappa shape index (κ1) is 118. The number of aliphatic hydroxyl groups is 31. The van der Waals surface area contributed by atoms with E-state index in [1.165, 1.54) is 0 Å². The van der Waals surface area contributed by atoms with E-state index in [0.29, 0.717) is 0 Å². The van der Waals surface area contributed by atoms with E-state index in [2.05, 4.69) is 26.6 Å². The molecule has 11 saturated heterocycles. The maximum atomic E-state index is 13.3. The van der Waals surface area contributed by atoms with E-state index in [1.807, 2.05) is 0 Å². The van der Waals surface area contributed by atoms with Crippen molar-refractivity contribution in [3.05, 3.63) is 0 Å². The zero-order valence-electron chi connectivity index (χ0n) is 76.6. The van der Waals surface area contributed by atoms with Gasteiger partial charge in [0.2, 0.25) is 29.5 Å². The Morgan fingerprint density at radius 1 is 0.287 bits per heavy atom. The van der Waals surface area contributed by atoms with Gasteiger partial charge in [-0.1, -0.05) is 0 Å². The molecule has 64 heteroatoms. The molecule has 0 aromatic heterocycles. The Morgan fingerprint density at radius 3 is 0.951 bits per heavy atom. The Bertz CT molecular complexity index is 4030. The lowest BCUT2D eigenvalue weighted by Gasteiger charge is -2.51. The maximum absolute atomic E-state index is 13.3. The molecule has 0 bridgehead atoms. The van der Waals surface area contributed by atoms with Crippen LogP contribution >= 0.6 is 0 Å². The smallest absolute Gasteiger partial charge is 0.364 e. The van der Waals surface area contributed by atoms with Crippen LogP contribution in [0, 0.1) is 0 Å². The van der Waals surface area contributed by atoms with Crippen LogP contribution in [0.1, 0.15) is 41.0 Å². The number of carbonyl (C=O) groups excluding carboxylic acids is 5. The van der Waals surface area contributed by atoms with Crippen molar-refractivity contribution >= 4 is 35.5 Å². The zero-order chi connectivity index (χ0) is 106. The molecule has 64 nitrogen and oxygen atoms in total. The average Bonchev–Trinajstić information content (AvgIpc) is 0.740. The van der Waals surface area contributed by atoms with E-state index in [4.69, 9.17) is 99.5 Å². The van der Waals surface area contributed by atoms with Gasteiger partial charge in [-0.2, -0.15) is 0 Å². The van der Waals surface area contributed by atoms with Gasteiger partial charge in [-0.25, -0.2) is 4.79 Å². The van der Waals surface area contributed by atoms with Crippen molar-refractivity contribution in [1.82, 2.24) is 26.6 Å². The summed E-state index contributed by atoms with van der Waals surface area (Å²) in [6.07, 6.45) is -113. The minimum atomic E-state index is -3.35. The third kappa shape index (κ3) is 26.0. The van der Waals surface area contributed by atoms with Crippen molar-refractivity contribution in [3.8, 4) is 0 Å². The molecule has 11 fully saturated rings. The van der Waals surface area contributed by atoms with Crippen LogP contribution in [0.2, 0.25) is 0 Å². The van der Waals surface area contributed by atoms with Gasteiger partial charge in [0.25, 0.3) is 5.79 Å². The van der Waals surface area contributed by atoms with Crippen molar-refractivity contribution in [2.75, 3.05) is 72.7 Å². The minimum absolute atomic E-state index is 0.830. The van der Waals surface area contributed by atoms with Crippen LogP contribution in [0.25, 0.3) is 0 Å². The van der Waals surface area contributed by atoms with Gasteiger partial charge in [-0.05, 0) is 0 Å². The molecule has 0 spiro atoms. The Hall–Kier alpha value is -5.26. The van der Waals surface area contributed by atoms with Gasteiger partial charge < -0.3 is 289 Å². The van der Waals surface area contributed by atoms with E-state index in [9.17, 15) is 192 Å². The highest BCUT2D eigenvalue weighted by Crippen LogP contribution is 2.44. The highest BCUT2D eigenvalue weighted by atomic mass is 16.8. The molecule has 1 unspecified atom stereocenters. The predicted octanol–water partition coefficient (Wildman–Crippen LogP) is -25.1. The molecule has 0 aliphatic carbocycles. The van der Waals surface area contributed by atoms with Crippen LogP contribution in [0.4, 0.5) is 0 Å². The fourth-order valence-electron chi connectivity index (χ4n) is 18.5. The van der Waals surface area contributed by atoms with Gasteiger partial charge in [0, 0.05) is 41.0 Å². The van der Waals surface area contributed by atoms with Crippen molar-refractivity contribution < 1.29 is 292 Å². The van der Waals surface area contributed by atoms with E-state index >= 15 is 0 Å². The summed E-state index contributed by atoms with van der Waals surface area (Å²) >= 11 is 0. The molecule has 56 atom stereocenters. The molecule has 11 aliphatic rings. The quantitative estimate of drug-likeness (QED) is 0.0272. The number of carbonyl (C=O) groups is 6. The average molecular weight is 2090 g/mol. The molecule has 37 N–H and O–H groups in total. The standard InChI is InChI=1S/C79H131N5O59/c1-18(95)80-35-23(100)6-79(78(121)122,142-62(35)40(102)24(101)7-85)143-65-45(107)29(12-90)127-75(57(65)119)137-61-33(16-94)132-71(39(50(61)112)84-22(5)99)141-67-53(115)43(105)27(10-88)129-77(67)139-64-46(108)34(133-74(56(64)118)136-60-31(14-92)130-69(37(48(60)110)82-20(3)97)134-58-30(13-91)124-68(120)36(47(58)109)81-19(2)96)17-123-76-66(52(114)42(104)26(9-87)128-76)140-70-38(83-21(4)98)49(111)59(32(15-93)131-70)135-73-55(117)63(44(106)28(11-89)126-73)138-72-54(116)51(113)41(103)25(8-86)125-72/h23-77,85-94,100-120H,6-17H2,1-5H3,(H,80,95)(H,81,96)(H,82,97)(H,83,98)(H,84,99)(H,121,122)/t23-,24+,25+,26+,27+,28+,29+,30+,31+,32+,33+,34+,35+,36+,37+,38+,39+,40+,41-,42+,43+,44-,45-,46+,47+,48+,49+,50+,51-,52-,53-,54+,55+,56-,57+,58+,59+,60+,61+,62+,63-,64-,65-,66-,67-,68?,69-,70-,71-,72+,73-,74-,75-,76-,77+,79-/m0/s1. The van der Waals surface area contributed by atoms with Crippen LogP contribution in [-0.4, -0.2) is 615 Å². The van der Waals surface area contributed by atoms with E-state index in [0.717, 1.165) is 34.6 Å². The summed E-state index contributed by atoms with van der Waals surface area (Å²) in [5.41, 5.74) is 0. The summed E-state index contributed by atoms with van der Waals surface area (Å²) in [6, 6.07) is -9.74. The Kier molecular flexibility index (Phi) is 42.3. The molecule has 826 valence electrons. The zero-order valence-corrected chi connectivity index (χ0v) is 76.6. The lowest BCUT2D eigenvalue weighted by Crippen LogP contribution is -2.71. The monoisotopic (exact) mass is 2090 g/mol. The third-order valence-electron chi connectivity index (χ3n) is 26.0. The van der Waals surface area contributed by atoms with Crippen LogP contribution in [-0.2, 0) is 128 Å². The Balaban J connectivity index is 0.905. The summed E-state index contributed by atoms with van der Waals surface area (Å²) < 4.78 is 125. The van der Waals surface area contributed by atoms with Gasteiger partial charge >= 0.3 is 5.97 Å². The molecule has 0 aromatic carbocycles. The molecule has 11 heterocycles. The van der Waals surface area contributed by atoms with Crippen molar-refractivity contribution in [2.45, 2.75) is 384 Å². The van der Waals surface area contributed by atoms with E-state index in [-0.39, 0.29) is 0 Å². The first-order valence-electron chi connectivity index (χ1n) is 45.3. The number of amides is 5. The van der Waals surface area contributed by atoms with Crippen LogP contribution in [0.5, 0.6) is 0 Å². The summed E-state index contributed by atoms with van der Waals surface area (Å²) in [5, 5.41) is 372. The topological polar surface area (TPSA) is 1000 Å². The molecular formula is C79H131N5O59. The maximum Gasteiger partial charge on any atom is 0.364 e. The van der Waals surface area contributed by atoms with Gasteiger partial charge in [-0.15, -0.1) is 0 Å². The number of hydrogen-bond acceptors (Lipinski definition) is 58. The van der Waals surface area contributed by atoms with E-state index < -0.39 is 458 Å². The fraction of sp³-hybridized carbons (Fsp3) is 0.924. The summed E-state index contributed by atoms with van der Waals surface area (Å²) in [4.78, 5) is 77.6. The lowest BCUT2D eigenvalue weighted by atomic mass is 9.88. The molecule has 11 rings (SSSR count).